The van der Waals surface area contributed by atoms with Crippen molar-refractivity contribution in [3.8, 4) is 0 Å². The number of carbonyl (C=O) groups excluding carboxylic acids is 1. The van der Waals surface area contributed by atoms with Crippen LogP contribution in [0.4, 0.5) is 14.9 Å². The molecule has 2 aromatic rings. The topological polar surface area (TPSA) is 99.3 Å². The van der Waals surface area contributed by atoms with Crippen LogP contribution in [0.25, 0.3) is 0 Å². The summed E-state index contributed by atoms with van der Waals surface area (Å²) in [6.45, 7) is -0.996. The first-order valence-electron chi connectivity index (χ1n) is 6.82. The van der Waals surface area contributed by atoms with E-state index >= 15 is 0 Å². The Labute approximate surface area is 131 Å². The average Bonchev–Trinajstić information content (AvgIpc) is 3.04. The number of aromatic nitrogens is 2. The Hall–Kier alpha value is -2.97. The largest absolute Gasteiger partial charge is 0.447 e. The van der Waals surface area contributed by atoms with Crippen LogP contribution in [-0.2, 0) is 4.74 Å². The van der Waals surface area contributed by atoms with Gasteiger partial charge < -0.3 is 10.1 Å². The predicted molar refractivity (Wildman–Crippen MR) is 78.8 cm³/mol. The van der Waals surface area contributed by atoms with Crippen molar-refractivity contribution in [2.45, 2.75) is 6.04 Å². The monoisotopic (exact) mass is 322 g/mol. The Bertz CT molecular complexity index is 662. The lowest BCUT2D eigenvalue weighted by molar-refractivity contribution is -0.385. The lowest BCUT2D eigenvalue weighted by atomic mass is 10.1. The van der Waals surface area contributed by atoms with Gasteiger partial charge in [0.2, 0.25) is 0 Å². The summed E-state index contributed by atoms with van der Waals surface area (Å²) in [6.07, 6.45) is 1.66. The molecule has 1 aromatic heterocycles. The molecule has 0 bridgehead atoms. The van der Waals surface area contributed by atoms with E-state index in [2.05, 4.69) is 15.2 Å². The Morgan fingerprint density at radius 3 is 2.78 bits per heavy atom. The standard InChI is InChI=1S/C14H15FN4O4/c15-6-7-23-14(20)16-9-13(11-4-2-1-3-5-11)18-10-12(8-17-18)19(21)22/h1-5,8,10,13H,6-7,9H2,(H,16,20). The lowest BCUT2D eigenvalue weighted by Gasteiger charge is -2.18. The van der Waals surface area contributed by atoms with Crippen molar-refractivity contribution in [1.29, 1.82) is 0 Å². The molecule has 1 atom stereocenters. The number of alkyl carbamates (subject to hydrolysis) is 1. The molecule has 0 aliphatic heterocycles. The van der Waals surface area contributed by atoms with Crippen LogP contribution in [0, 0.1) is 10.1 Å². The number of nitro groups is 1. The van der Waals surface area contributed by atoms with Crippen molar-refractivity contribution in [2.75, 3.05) is 19.8 Å². The van der Waals surface area contributed by atoms with Gasteiger partial charge in [-0.15, -0.1) is 0 Å². The van der Waals surface area contributed by atoms with E-state index in [9.17, 15) is 19.3 Å². The first-order valence-corrected chi connectivity index (χ1v) is 6.82. The number of halogens is 1. The number of rotatable bonds is 7. The van der Waals surface area contributed by atoms with Crippen LogP contribution in [0.1, 0.15) is 11.6 Å². The van der Waals surface area contributed by atoms with Crippen molar-refractivity contribution < 1.29 is 18.8 Å². The third-order valence-corrected chi connectivity index (χ3v) is 3.05. The summed E-state index contributed by atoms with van der Waals surface area (Å²) in [5, 5.41) is 17.3. The quantitative estimate of drug-likeness (QED) is 0.621. The molecule has 0 saturated carbocycles. The minimum atomic E-state index is -0.763. The molecule has 1 amide bonds. The minimum absolute atomic E-state index is 0.0912. The molecular formula is C14H15FN4O4. The fraction of sp³-hybridized carbons (Fsp3) is 0.286. The molecular weight excluding hydrogens is 307 g/mol. The molecule has 1 unspecified atom stereocenters. The number of hydrogen-bond acceptors (Lipinski definition) is 5. The highest BCUT2D eigenvalue weighted by Gasteiger charge is 2.19. The van der Waals surface area contributed by atoms with E-state index in [1.54, 1.807) is 0 Å². The molecule has 1 aromatic carbocycles. The SMILES string of the molecule is O=C(NCC(c1ccccc1)n1cc([N+](=O)[O-])cn1)OCCF. The summed E-state index contributed by atoms with van der Waals surface area (Å²) >= 11 is 0. The van der Waals surface area contributed by atoms with Crippen LogP contribution in [-0.4, -0.2) is 40.6 Å². The van der Waals surface area contributed by atoms with E-state index in [0.29, 0.717) is 0 Å². The fourth-order valence-electron chi connectivity index (χ4n) is 1.99. The second kappa shape index (κ2) is 7.87. The number of nitrogens with zero attached hydrogens (tertiary/aromatic N) is 3. The zero-order valence-electron chi connectivity index (χ0n) is 12.1. The average molecular weight is 322 g/mol. The second-order valence-corrected chi connectivity index (χ2v) is 4.57. The number of carbonyl (C=O) groups is 1. The van der Waals surface area contributed by atoms with Gasteiger partial charge in [0.25, 0.3) is 0 Å². The number of alkyl halides is 1. The zero-order valence-corrected chi connectivity index (χ0v) is 12.1. The lowest BCUT2D eigenvalue weighted by Crippen LogP contribution is -2.32. The van der Waals surface area contributed by atoms with Crippen LogP contribution in [0.3, 0.4) is 0 Å². The second-order valence-electron chi connectivity index (χ2n) is 4.57. The Morgan fingerprint density at radius 2 is 2.17 bits per heavy atom. The van der Waals surface area contributed by atoms with Crippen LogP contribution in [0.15, 0.2) is 42.7 Å². The molecule has 0 aliphatic carbocycles. The summed E-state index contributed by atoms with van der Waals surface area (Å²) in [6, 6.07) is 8.61. The van der Waals surface area contributed by atoms with Gasteiger partial charge >= 0.3 is 11.8 Å². The predicted octanol–water partition coefficient (Wildman–Crippen LogP) is 2.08. The fourth-order valence-corrected chi connectivity index (χ4v) is 1.99. The van der Waals surface area contributed by atoms with E-state index < -0.39 is 23.7 Å². The number of nitrogens with one attached hydrogen (secondary N) is 1. The van der Waals surface area contributed by atoms with Gasteiger partial charge in [-0.05, 0) is 5.56 Å². The summed E-state index contributed by atoms with van der Waals surface area (Å²) in [4.78, 5) is 21.7. The van der Waals surface area contributed by atoms with E-state index in [1.165, 1.54) is 10.9 Å². The van der Waals surface area contributed by atoms with E-state index in [4.69, 9.17) is 0 Å². The van der Waals surface area contributed by atoms with Gasteiger partial charge in [-0.2, -0.15) is 5.10 Å². The van der Waals surface area contributed by atoms with Crippen molar-refractivity contribution in [3.63, 3.8) is 0 Å². The maximum absolute atomic E-state index is 12.0. The van der Waals surface area contributed by atoms with Gasteiger partial charge in [-0.3, -0.25) is 14.8 Å². The summed E-state index contributed by atoms with van der Waals surface area (Å²) in [5.74, 6) is 0. The van der Waals surface area contributed by atoms with Crippen LogP contribution in [0.2, 0.25) is 0 Å². The molecule has 23 heavy (non-hydrogen) atoms. The number of ether oxygens (including phenoxy) is 1. The Morgan fingerprint density at radius 1 is 1.43 bits per heavy atom. The molecule has 0 fully saturated rings. The van der Waals surface area contributed by atoms with Crippen molar-refractivity contribution in [3.05, 3.63) is 58.4 Å². The molecule has 0 spiro atoms. The first kappa shape index (κ1) is 16.4. The highest BCUT2D eigenvalue weighted by molar-refractivity contribution is 5.67. The molecule has 0 radical (unpaired) electrons. The third-order valence-electron chi connectivity index (χ3n) is 3.05. The van der Waals surface area contributed by atoms with E-state index in [1.807, 2.05) is 30.3 Å². The number of hydrogen-bond donors (Lipinski definition) is 1. The number of amides is 1. The van der Waals surface area contributed by atoms with Gasteiger partial charge in [-0.25, -0.2) is 9.18 Å². The first-order chi connectivity index (χ1) is 11.1. The van der Waals surface area contributed by atoms with Gasteiger partial charge in [0.05, 0.1) is 11.0 Å². The summed E-state index contributed by atoms with van der Waals surface area (Å²) < 4.78 is 18.0. The molecule has 2 rings (SSSR count). The molecule has 1 heterocycles. The van der Waals surface area contributed by atoms with Gasteiger partial charge in [-0.1, -0.05) is 30.3 Å². The molecule has 0 saturated heterocycles. The molecule has 1 N–H and O–H groups in total. The van der Waals surface area contributed by atoms with Crippen molar-refractivity contribution >= 4 is 11.8 Å². The summed E-state index contributed by atoms with van der Waals surface area (Å²) in [5.41, 5.74) is 0.655. The number of benzene rings is 1. The highest BCUT2D eigenvalue weighted by Crippen LogP contribution is 2.19. The smallest absolute Gasteiger partial charge is 0.407 e. The van der Waals surface area contributed by atoms with Crippen LogP contribution < -0.4 is 5.32 Å². The van der Waals surface area contributed by atoms with Crippen LogP contribution >= 0.6 is 0 Å². The normalized spacial score (nSPS) is 11.7. The van der Waals surface area contributed by atoms with Gasteiger partial charge in [0.15, 0.2) is 0 Å². The minimum Gasteiger partial charge on any atom is -0.447 e. The molecule has 9 heteroatoms. The molecule has 122 valence electrons. The Balaban J connectivity index is 2.15. The molecule has 0 aliphatic rings. The van der Waals surface area contributed by atoms with Gasteiger partial charge in [0, 0.05) is 6.54 Å². The van der Waals surface area contributed by atoms with Crippen LogP contribution in [0.5, 0.6) is 0 Å². The maximum Gasteiger partial charge on any atom is 0.407 e. The van der Waals surface area contributed by atoms with E-state index in [-0.39, 0.29) is 18.8 Å². The van der Waals surface area contributed by atoms with E-state index in [0.717, 1.165) is 11.8 Å². The third kappa shape index (κ3) is 4.50. The maximum atomic E-state index is 12.0. The zero-order chi connectivity index (χ0) is 16.7. The van der Waals surface area contributed by atoms with Crippen molar-refractivity contribution in [2.24, 2.45) is 0 Å². The highest BCUT2D eigenvalue weighted by atomic mass is 19.1. The Kier molecular flexibility index (Phi) is 5.61. The van der Waals surface area contributed by atoms with Gasteiger partial charge in [0.1, 0.15) is 25.7 Å². The van der Waals surface area contributed by atoms with Crippen molar-refractivity contribution in [1.82, 2.24) is 15.1 Å². The molecule has 8 nitrogen and oxygen atoms in total. The summed E-state index contributed by atoms with van der Waals surface area (Å²) in [7, 11) is 0.